The lowest BCUT2D eigenvalue weighted by Gasteiger charge is -2.12. The van der Waals surface area contributed by atoms with Crippen LogP contribution >= 0.6 is 11.8 Å². The van der Waals surface area contributed by atoms with Gasteiger partial charge in [0.25, 0.3) is 5.69 Å². The SMILES string of the molecule is C=CCn1c(SC(C)C(=O)Nc2cccc([N+](=O)[O-])c2)nnc1-c1ccccn1. The van der Waals surface area contributed by atoms with Crippen LogP contribution in [0.2, 0.25) is 0 Å². The van der Waals surface area contributed by atoms with Gasteiger partial charge in [0.1, 0.15) is 5.69 Å². The van der Waals surface area contributed by atoms with Gasteiger partial charge in [-0.05, 0) is 25.1 Å². The third kappa shape index (κ3) is 4.85. The normalized spacial score (nSPS) is 11.6. The molecule has 9 nitrogen and oxygen atoms in total. The van der Waals surface area contributed by atoms with Crippen LogP contribution in [0.5, 0.6) is 0 Å². The van der Waals surface area contributed by atoms with E-state index >= 15 is 0 Å². The number of anilines is 1. The average molecular weight is 410 g/mol. The predicted molar refractivity (Wildman–Crippen MR) is 110 cm³/mol. The number of hydrogen-bond donors (Lipinski definition) is 1. The molecule has 0 saturated heterocycles. The van der Waals surface area contributed by atoms with E-state index in [1.807, 2.05) is 22.8 Å². The van der Waals surface area contributed by atoms with Crippen molar-refractivity contribution in [1.29, 1.82) is 0 Å². The largest absolute Gasteiger partial charge is 0.325 e. The van der Waals surface area contributed by atoms with E-state index in [1.54, 1.807) is 25.3 Å². The molecular formula is C19H18N6O3S. The number of hydrogen-bond acceptors (Lipinski definition) is 7. The predicted octanol–water partition coefficient (Wildman–Crippen LogP) is 3.55. The number of amides is 1. The summed E-state index contributed by atoms with van der Waals surface area (Å²) in [5.41, 5.74) is 0.939. The number of allylic oxidation sites excluding steroid dienone is 1. The molecule has 3 aromatic rings. The highest BCUT2D eigenvalue weighted by Gasteiger charge is 2.21. The summed E-state index contributed by atoms with van der Waals surface area (Å²) in [6.07, 6.45) is 3.39. The Morgan fingerprint density at radius 2 is 2.17 bits per heavy atom. The van der Waals surface area contributed by atoms with Gasteiger partial charge in [-0.3, -0.25) is 24.5 Å². The molecule has 2 aromatic heterocycles. The van der Waals surface area contributed by atoms with Gasteiger partial charge < -0.3 is 5.32 Å². The number of thioether (sulfide) groups is 1. The van der Waals surface area contributed by atoms with Gasteiger partial charge in [-0.15, -0.1) is 16.8 Å². The molecule has 2 heterocycles. The fourth-order valence-corrected chi connectivity index (χ4v) is 3.37. The number of nitrogens with zero attached hydrogens (tertiary/aromatic N) is 5. The number of carbonyl (C=O) groups is 1. The molecule has 0 radical (unpaired) electrons. The van der Waals surface area contributed by atoms with Crippen LogP contribution in [0.3, 0.4) is 0 Å². The number of nitro benzene ring substituents is 1. The van der Waals surface area contributed by atoms with Crippen LogP contribution in [0.4, 0.5) is 11.4 Å². The molecule has 29 heavy (non-hydrogen) atoms. The van der Waals surface area contributed by atoms with Crippen LogP contribution in [0.15, 0.2) is 66.5 Å². The maximum absolute atomic E-state index is 12.6. The van der Waals surface area contributed by atoms with E-state index in [1.165, 1.54) is 30.0 Å². The van der Waals surface area contributed by atoms with Crippen molar-refractivity contribution in [3.05, 3.63) is 71.4 Å². The second-order valence-corrected chi connectivity index (χ2v) is 7.29. The van der Waals surface area contributed by atoms with Crippen LogP contribution < -0.4 is 5.32 Å². The minimum Gasteiger partial charge on any atom is -0.325 e. The first kappa shape index (κ1) is 20.2. The van der Waals surface area contributed by atoms with Crippen LogP contribution in [-0.4, -0.2) is 35.8 Å². The Morgan fingerprint density at radius 1 is 1.34 bits per heavy atom. The van der Waals surface area contributed by atoms with Crippen molar-refractivity contribution in [3.8, 4) is 11.5 Å². The zero-order chi connectivity index (χ0) is 20.8. The molecule has 0 aliphatic carbocycles. The molecule has 0 aliphatic rings. The second-order valence-electron chi connectivity index (χ2n) is 5.98. The minimum atomic E-state index is -0.515. The number of aromatic nitrogens is 4. The van der Waals surface area contributed by atoms with Crippen LogP contribution in [0.1, 0.15) is 6.92 Å². The van der Waals surface area contributed by atoms with Crippen molar-refractivity contribution in [2.45, 2.75) is 23.9 Å². The number of nitro groups is 1. The summed E-state index contributed by atoms with van der Waals surface area (Å²) in [6.45, 7) is 5.95. The van der Waals surface area contributed by atoms with E-state index in [-0.39, 0.29) is 11.6 Å². The van der Waals surface area contributed by atoms with Gasteiger partial charge in [0.15, 0.2) is 11.0 Å². The molecule has 0 aliphatic heterocycles. The highest BCUT2D eigenvalue weighted by Crippen LogP contribution is 2.27. The summed E-state index contributed by atoms with van der Waals surface area (Å²) in [5, 5.41) is 22.0. The van der Waals surface area contributed by atoms with E-state index in [0.29, 0.717) is 28.9 Å². The van der Waals surface area contributed by atoms with E-state index in [4.69, 9.17) is 0 Å². The highest BCUT2D eigenvalue weighted by molar-refractivity contribution is 8.00. The molecule has 1 N–H and O–H groups in total. The van der Waals surface area contributed by atoms with Gasteiger partial charge in [-0.1, -0.05) is 30.0 Å². The number of benzene rings is 1. The zero-order valence-corrected chi connectivity index (χ0v) is 16.4. The Morgan fingerprint density at radius 3 is 2.86 bits per heavy atom. The lowest BCUT2D eigenvalue weighted by molar-refractivity contribution is -0.384. The minimum absolute atomic E-state index is 0.0890. The van der Waals surface area contributed by atoms with E-state index in [0.717, 1.165) is 0 Å². The summed E-state index contributed by atoms with van der Waals surface area (Å²) < 4.78 is 1.83. The molecule has 1 amide bonds. The quantitative estimate of drug-likeness (QED) is 0.261. The maximum atomic E-state index is 12.6. The molecule has 0 spiro atoms. The topological polar surface area (TPSA) is 116 Å². The van der Waals surface area contributed by atoms with Gasteiger partial charge in [0, 0.05) is 30.6 Å². The smallest absolute Gasteiger partial charge is 0.271 e. The first-order valence-electron chi connectivity index (χ1n) is 8.67. The van der Waals surface area contributed by atoms with Crippen molar-refractivity contribution < 1.29 is 9.72 Å². The summed E-state index contributed by atoms with van der Waals surface area (Å²) >= 11 is 1.23. The Kier molecular flexibility index (Phi) is 6.35. The van der Waals surface area contributed by atoms with Crippen molar-refractivity contribution in [3.63, 3.8) is 0 Å². The van der Waals surface area contributed by atoms with Crippen molar-refractivity contribution in [2.75, 3.05) is 5.32 Å². The van der Waals surface area contributed by atoms with Gasteiger partial charge in [0.05, 0.1) is 10.2 Å². The molecule has 10 heteroatoms. The fraction of sp³-hybridized carbons (Fsp3) is 0.158. The van der Waals surface area contributed by atoms with Gasteiger partial charge in [-0.2, -0.15) is 0 Å². The first-order chi connectivity index (χ1) is 14.0. The highest BCUT2D eigenvalue weighted by atomic mass is 32.2. The Labute approximate surface area is 171 Å². The molecule has 0 bridgehead atoms. The summed E-state index contributed by atoms with van der Waals surface area (Å²) in [6, 6.07) is 11.3. The molecule has 0 fully saturated rings. The summed E-state index contributed by atoms with van der Waals surface area (Å²) in [5.74, 6) is 0.280. The number of carbonyl (C=O) groups excluding carboxylic acids is 1. The monoisotopic (exact) mass is 410 g/mol. The van der Waals surface area contributed by atoms with Crippen LogP contribution in [0.25, 0.3) is 11.5 Å². The summed E-state index contributed by atoms with van der Waals surface area (Å²) in [7, 11) is 0. The van der Waals surface area contributed by atoms with E-state index in [9.17, 15) is 14.9 Å². The third-order valence-corrected chi connectivity index (χ3v) is 4.98. The fourth-order valence-electron chi connectivity index (χ4n) is 2.51. The van der Waals surface area contributed by atoms with Crippen molar-refractivity contribution >= 4 is 29.0 Å². The average Bonchev–Trinajstić information content (AvgIpc) is 3.11. The summed E-state index contributed by atoms with van der Waals surface area (Å²) in [4.78, 5) is 27.2. The second kappa shape index (κ2) is 9.11. The molecule has 0 saturated carbocycles. The number of nitrogens with one attached hydrogen (secondary N) is 1. The molecule has 1 unspecified atom stereocenters. The van der Waals surface area contributed by atoms with Gasteiger partial charge in [0.2, 0.25) is 5.91 Å². The Hall–Kier alpha value is -3.53. The molecule has 1 aromatic carbocycles. The lowest BCUT2D eigenvalue weighted by atomic mass is 10.2. The first-order valence-corrected chi connectivity index (χ1v) is 9.55. The van der Waals surface area contributed by atoms with Crippen molar-refractivity contribution in [2.24, 2.45) is 0 Å². The van der Waals surface area contributed by atoms with Gasteiger partial charge >= 0.3 is 0 Å². The molecule has 148 valence electrons. The van der Waals surface area contributed by atoms with E-state index in [2.05, 4.69) is 27.1 Å². The number of non-ortho nitro benzene ring substituents is 1. The van der Waals surface area contributed by atoms with Crippen LogP contribution in [-0.2, 0) is 11.3 Å². The Bertz CT molecular complexity index is 1040. The molecule has 1 atom stereocenters. The van der Waals surface area contributed by atoms with Gasteiger partial charge in [-0.25, -0.2) is 0 Å². The number of pyridine rings is 1. The number of rotatable bonds is 8. The lowest BCUT2D eigenvalue weighted by Crippen LogP contribution is -2.23. The zero-order valence-electron chi connectivity index (χ0n) is 15.6. The van der Waals surface area contributed by atoms with Crippen LogP contribution in [0, 0.1) is 10.1 Å². The molecule has 3 rings (SSSR count). The maximum Gasteiger partial charge on any atom is 0.271 e. The standard InChI is InChI=1S/C19H18N6O3S/c1-3-11-24-17(16-9-4-5-10-20-16)22-23-19(24)29-13(2)18(26)21-14-7-6-8-15(12-14)25(27)28/h3-10,12-13H,1,11H2,2H3,(H,21,26). The third-order valence-electron chi connectivity index (χ3n) is 3.90. The molecular weight excluding hydrogens is 392 g/mol. The van der Waals surface area contributed by atoms with E-state index < -0.39 is 10.2 Å². The Balaban J connectivity index is 1.76. The van der Waals surface area contributed by atoms with Crippen molar-refractivity contribution in [1.82, 2.24) is 19.7 Å².